The molecule has 0 radical (unpaired) electrons. The van der Waals surface area contributed by atoms with Gasteiger partial charge >= 0.3 is 6.18 Å². The van der Waals surface area contributed by atoms with E-state index in [0.29, 0.717) is 18.1 Å². The van der Waals surface area contributed by atoms with Crippen LogP contribution < -0.4 is 5.32 Å². The number of nitrogens with zero attached hydrogens (tertiary/aromatic N) is 2. The molecule has 7 heteroatoms. The van der Waals surface area contributed by atoms with E-state index < -0.39 is 12.0 Å². The fourth-order valence-electron chi connectivity index (χ4n) is 2.03. The Morgan fingerprint density at radius 1 is 1.05 bits per heavy atom. The largest absolute Gasteiger partial charge is 0.452 e. The number of halogens is 3. The summed E-state index contributed by atoms with van der Waals surface area (Å²) in [5, 5.41) is 5.20. The van der Waals surface area contributed by atoms with Crippen molar-refractivity contribution in [1.29, 1.82) is 0 Å². The maximum Gasteiger partial charge on any atom is 0.452 e. The molecule has 0 aliphatic carbocycles. The summed E-state index contributed by atoms with van der Waals surface area (Å²) < 4.78 is 40.6. The lowest BCUT2D eigenvalue weighted by Crippen LogP contribution is -2.07. The second-order valence-electron chi connectivity index (χ2n) is 4.41. The quantitative estimate of drug-likeness (QED) is 0.783. The van der Waals surface area contributed by atoms with E-state index in [2.05, 4.69) is 14.7 Å². The summed E-state index contributed by atoms with van der Waals surface area (Å²) in [7, 11) is 0. The van der Waals surface area contributed by atoms with Gasteiger partial charge in [0.2, 0.25) is 11.0 Å². The Morgan fingerprint density at radius 3 is 2.57 bits per heavy atom. The van der Waals surface area contributed by atoms with Gasteiger partial charge < -0.3 is 5.32 Å². The lowest BCUT2D eigenvalue weighted by molar-refractivity contribution is -0.144. The fraction of sp³-hybridized carbons (Fsp3) is 0.143. The van der Waals surface area contributed by atoms with Gasteiger partial charge in [-0.2, -0.15) is 22.5 Å². The van der Waals surface area contributed by atoms with Crippen molar-refractivity contribution in [2.24, 2.45) is 0 Å². The van der Waals surface area contributed by atoms with E-state index in [9.17, 15) is 13.2 Å². The second kappa shape index (κ2) is 5.33. The smallest absolute Gasteiger partial charge is 0.356 e. The van der Waals surface area contributed by atoms with Gasteiger partial charge in [-0.25, -0.2) is 0 Å². The minimum absolute atomic E-state index is 0.162. The first-order valence-corrected chi connectivity index (χ1v) is 6.93. The van der Waals surface area contributed by atoms with Crippen LogP contribution in [0.3, 0.4) is 0 Å². The number of nitrogens with one attached hydrogen (secondary N) is 1. The first-order valence-electron chi connectivity index (χ1n) is 6.15. The highest BCUT2D eigenvalue weighted by Crippen LogP contribution is 2.29. The average molecular weight is 309 g/mol. The topological polar surface area (TPSA) is 37.8 Å². The van der Waals surface area contributed by atoms with Gasteiger partial charge in [0.1, 0.15) is 0 Å². The molecular weight excluding hydrogens is 299 g/mol. The summed E-state index contributed by atoms with van der Waals surface area (Å²) in [6.07, 6.45) is -4.50. The van der Waals surface area contributed by atoms with Gasteiger partial charge in [-0.05, 0) is 16.3 Å². The zero-order valence-corrected chi connectivity index (χ0v) is 11.5. The average Bonchev–Trinajstić information content (AvgIpc) is 2.94. The highest BCUT2D eigenvalue weighted by atomic mass is 32.1. The van der Waals surface area contributed by atoms with E-state index >= 15 is 0 Å². The van der Waals surface area contributed by atoms with Gasteiger partial charge in [0.15, 0.2) is 0 Å². The molecule has 0 saturated heterocycles. The number of hydrogen-bond donors (Lipinski definition) is 1. The minimum Gasteiger partial charge on any atom is -0.356 e. The predicted octanol–water partition coefficient (Wildman–Crippen LogP) is 4.32. The minimum atomic E-state index is -4.50. The van der Waals surface area contributed by atoms with Crippen molar-refractivity contribution in [2.75, 3.05) is 5.32 Å². The van der Waals surface area contributed by atoms with Crippen molar-refractivity contribution in [3.8, 4) is 0 Å². The third-order valence-electron chi connectivity index (χ3n) is 2.99. The molecule has 0 amide bonds. The van der Waals surface area contributed by atoms with Crippen LogP contribution in [0.15, 0.2) is 42.5 Å². The van der Waals surface area contributed by atoms with E-state index in [1.807, 2.05) is 42.5 Å². The van der Waals surface area contributed by atoms with Crippen LogP contribution in [0.2, 0.25) is 0 Å². The zero-order chi connectivity index (χ0) is 14.9. The Kier molecular flexibility index (Phi) is 3.50. The fourth-order valence-corrected chi connectivity index (χ4v) is 2.61. The molecule has 1 aromatic heterocycles. The molecule has 3 aromatic rings. The standard InChI is InChI=1S/C14H10F3N3S/c15-14(16,17)12-19-13(21-20-12)18-8-10-6-3-5-9-4-1-2-7-11(9)10/h1-7H,8H2,(H,18,19,20). The number of benzene rings is 2. The van der Waals surface area contributed by atoms with Gasteiger partial charge in [0.05, 0.1) is 0 Å². The van der Waals surface area contributed by atoms with Crippen LogP contribution in [-0.4, -0.2) is 9.36 Å². The Bertz CT molecular complexity index is 762. The van der Waals surface area contributed by atoms with E-state index in [4.69, 9.17) is 0 Å². The molecule has 2 aromatic carbocycles. The van der Waals surface area contributed by atoms with Gasteiger partial charge in [-0.15, -0.1) is 0 Å². The summed E-state index contributed by atoms with van der Waals surface area (Å²) in [5.41, 5.74) is 0.997. The normalized spacial score (nSPS) is 11.8. The van der Waals surface area contributed by atoms with Gasteiger partial charge in [-0.1, -0.05) is 42.5 Å². The first-order chi connectivity index (χ1) is 10.0. The van der Waals surface area contributed by atoms with Crippen LogP contribution in [0.4, 0.5) is 18.3 Å². The molecule has 0 fully saturated rings. The van der Waals surface area contributed by atoms with Gasteiger partial charge in [0, 0.05) is 18.1 Å². The number of anilines is 1. The molecule has 0 unspecified atom stereocenters. The highest BCUT2D eigenvalue weighted by Gasteiger charge is 2.36. The zero-order valence-electron chi connectivity index (χ0n) is 10.7. The Labute approximate surface area is 122 Å². The molecule has 3 nitrogen and oxygen atoms in total. The van der Waals surface area contributed by atoms with Crippen LogP contribution in [0.25, 0.3) is 10.8 Å². The molecule has 0 atom stereocenters. The van der Waals surface area contributed by atoms with Crippen molar-refractivity contribution < 1.29 is 13.2 Å². The third-order valence-corrected chi connectivity index (χ3v) is 3.66. The Hall–Kier alpha value is -2.15. The van der Waals surface area contributed by atoms with Crippen molar-refractivity contribution in [2.45, 2.75) is 12.7 Å². The molecule has 0 bridgehead atoms. The molecule has 0 aliphatic heterocycles. The van der Waals surface area contributed by atoms with E-state index in [1.165, 1.54) is 0 Å². The summed E-state index contributed by atoms with van der Waals surface area (Å²) in [6, 6.07) is 13.7. The maximum absolute atomic E-state index is 12.4. The molecule has 0 aliphatic rings. The summed E-state index contributed by atoms with van der Waals surface area (Å²) in [4.78, 5) is 3.45. The predicted molar refractivity (Wildman–Crippen MR) is 76.2 cm³/mol. The molecule has 0 spiro atoms. The van der Waals surface area contributed by atoms with Crippen LogP contribution >= 0.6 is 11.5 Å². The number of aromatic nitrogens is 2. The van der Waals surface area contributed by atoms with Gasteiger partial charge in [0.25, 0.3) is 0 Å². The molecule has 3 rings (SSSR count). The molecule has 108 valence electrons. The third kappa shape index (κ3) is 2.97. The lowest BCUT2D eigenvalue weighted by Gasteiger charge is -2.07. The first kappa shape index (κ1) is 13.8. The molecule has 0 saturated carbocycles. The van der Waals surface area contributed by atoms with Crippen molar-refractivity contribution >= 4 is 27.4 Å². The van der Waals surface area contributed by atoms with Crippen LogP contribution in [0, 0.1) is 0 Å². The van der Waals surface area contributed by atoms with Crippen molar-refractivity contribution in [3.63, 3.8) is 0 Å². The van der Waals surface area contributed by atoms with Crippen LogP contribution in [0.5, 0.6) is 0 Å². The van der Waals surface area contributed by atoms with Crippen LogP contribution in [0.1, 0.15) is 11.4 Å². The summed E-state index contributed by atoms with van der Waals surface area (Å²) in [6.45, 7) is 0.397. The lowest BCUT2D eigenvalue weighted by atomic mass is 10.0. The number of alkyl halides is 3. The monoisotopic (exact) mass is 309 g/mol. The number of rotatable bonds is 3. The van der Waals surface area contributed by atoms with Gasteiger partial charge in [-0.3, -0.25) is 0 Å². The van der Waals surface area contributed by atoms with E-state index in [0.717, 1.165) is 16.3 Å². The second-order valence-corrected chi connectivity index (χ2v) is 5.16. The van der Waals surface area contributed by atoms with E-state index in [-0.39, 0.29) is 5.13 Å². The molecule has 21 heavy (non-hydrogen) atoms. The van der Waals surface area contributed by atoms with Crippen LogP contribution in [-0.2, 0) is 12.7 Å². The Morgan fingerprint density at radius 2 is 1.81 bits per heavy atom. The number of hydrogen-bond acceptors (Lipinski definition) is 4. The summed E-state index contributed by atoms with van der Waals surface area (Å²) >= 11 is 0.709. The van der Waals surface area contributed by atoms with Crippen molar-refractivity contribution in [1.82, 2.24) is 9.36 Å². The highest BCUT2D eigenvalue weighted by molar-refractivity contribution is 7.09. The Balaban J connectivity index is 1.79. The number of fused-ring (bicyclic) bond motifs is 1. The van der Waals surface area contributed by atoms with E-state index in [1.54, 1.807) is 0 Å². The van der Waals surface area contributed by atoms with Crippen molar-refractivity contribution in [3.05, 3.63) is 53.9 Å². The SMILES string of the molecule is FC(F)(F)c1nsc(NCc2cccc3ccccc23)n1. The summed E-state index contributed by atoms with van der Waals surface area (Å²) in [5.74, 6) is -1.10. The molecule has 1 heterocycles. The molecule has 1 N–H and O–H groups in total. The molecular formula is C14H10F3N3S. The maximum atomic E-state index is 12.4.